The molecule has 5 rings (SSSR count). The molecule has 3 fully saturated rings. The van der Waals surface area contributed by atoms with E-state index in [4.69, 9.17) is 9.47 Å². The van der Waals surface area contributed by atoms with Crippen molar-refractivity contribution < 1.29 is 24.2 Å². The second-order valence-electron chi connectivity index (χ2n) is 14.8. The molecular formula is C40H51BrO5. The van der Waals surface area contributed by atoms with Gasteiger partial charge in [-0.1, -0.05) is 102 Å². The first kappa shape index (κ1) is 34.6. The molecule has 248 valence electrons. The zero-order valence-corrected chi connectivity index (χ0v) is 29.5. The highest BCUT2D eigenvalue weighted by atomic mass is 79.9. The van der Waals surface area contributed by atoms with E-state index < -0.39 is 17.8 Å². The van der Waals surface area contributed by atoms with Crippen molar-refractivity contribution in [3.8, 4) is 0 Å². The van der Waals surface area contributed by atoms with Gasteiger partial charge in [-0.2, -0.15) is 0 Å². The molecule has 5 nitrogen and oxygen atoms in total. The summed E-state index contributed by atoms with van der Waals surface area (Å²) in [4.78, 5) is 25.8. The van der Waals surface area contributed by atoms with Crippen LogP contribution in [0.3, 0.4) is 0 Å². The number of hydrogen-bond donors (Lipinski definition) is 1. The number of allylic oxidation sites excluding steroid dienone is 3. The Kier molecular flexibility index (Phi) is 11.3. The van der Waals surface area contributed by atoms with Gasteiger partial charge in [-0.05, 0) is 99.8 Å². The average molecular weight is 692 g/mol. The summed E-state index contributed by atoms with van der Waals surface area (Å²) in [7, 11) is 0. The number of halogens is 1. The van der Waals surface area contributed by atoms with Gasteiger partial charge >= 0.3 is 11.9 Å². The minimum Gasteiger partial charge on any atom is -0.457 e. The van der Waals surface area contributed by atoms with Gasteiger partial charge in [0.25, 0.3) is 0 Å². The lowest BCUT2D eigenvalue weighted by molar-refractivity contribution is -0.00361. The minimum atomic E-state index is -0.595. The number of rotatable bonds is 10. The Hall–Kier alpha value is -2.70. The Balaban J connectivity index is 1.33. The highest BCUT2D eigenvalue weighted by molar-refractivity contribution is 9.09. The molecule has 3 saturated carbocycles. The van der Waals surface area contributed by atoms with Crippen molar-refractivity contribution in [1.29, 1.82) is 0 Å². The lowest BCUT2D eigenvalue weighted by atomic mass is 9.60. The van der Waals surface area contributed by atoms with Crippen LogP contribution in [-0.4, -0.2) is 39.7 Å². The number of esters is 2. The van der Waals surface area contributed by atoms with E-state index in [-0.39, 0.29) is 16.8 Å². The number of alkyl halides is 1. The Bertz CT molecular complexity index is 1330. The zero-order valence-electron chi connectivity index (χ0n) is 27.9. The SMILES string of the molecule is C[C@H](CCCC(C)(C)O)[C@H]1CC[C@H]2C(=CC=C3C[C@@H](OC(=O)c4ccccc4)C(Br)[C@H](OC(=O)c4ccccc4)C3)CCC[C@]12C. The molecule has 2 aromatic carbocycles. The molecule has 0 unspecified atom stereocenters. The molecule has 6 atom stereocenters. The Labute approximate surface area is 284 Å². The first-order valence-corrected chi connectivity index (χ1v) is 18.1. The Morgan fingerprint density at radius 3 is 2.07 bits per heavy atom. The van der Waals surface area contributed by atoms with E-state index in [1.807, 2.05) is 50.2 Å². The second-order valence-corrected chi connectivity index (χ2v) is 15.9. The molecule has 0 bridgehead atoms. The fourth-order valence-electron chi connectivity index (χ4n) is 8.47. The third kappa shape index (κ3) is 8.41. The van der Waals surface area contributed by atoms with Gasteiger partial charge in [0.15, 0.2) is 0 Å². The molecule has 3 aliphatic carbocycles. The van der Waals surface area contributed by atoms with E-state index in [0.29, 0.717) is 47.1 Å². The highest BCUT2D eigenvalue weighted by Crippen LogP contribution is 2.60. The van der Waals surface area contributed by atoms with Gasteiger partial charge in [0.1, 0.15) is 12.2 Å². The molecule has 0 heterocycles. The van der Waals surface area contributed by atoms with E-state index in [2.05, 4.69) is 41.9 Å². The lowest BCUT2D eigenvalue weighted by Gasteiger charge is -2.44. The summed E-state index contributed by atoms with van der Waals surface area (Å²) in [6.45, 7) is 8.77. The number of fused-ring (bicyclic) bond motifs is 1. The molecule has 2 aromatic rings. The molecule has 1 N–H and O–H groups in total. The first-order chi connectivity index (χ1) is 21.9. The zero-order chi connectivity index (χ0) is 32.9. The largest absolute Gasteiger partial charge is 0.457 e. The van der Waals surface area contributed by atoms with Gasteiger partial charge in [0.2, 0.25) is 0 Å². The molecule has 6 heteroatoms. The highest BCUT2D eigenvalue weighted by Gasteiger charge is 2.50. The maximum atomic E-state index is 13.1. The number of carbonyl (C=O) groups excluding carboxylic acids is 2. The molecule has 0 saturated heterocycles. The average Bonchev–Trinajstić information content (AvgIpc) is 3.39. The first-order valence-electron chi connectivity index (χ1n) is 17.2. The minimum absolute atomic E-state index is 0.297. The van der Waals surface area contributed by atoms with Crippen LogP contribution in [0.1, 0.15) is 113 Å². The summed E-state index contributed by atoms with van der Waals surface area (Å²) in [5.41, 5.74) is 3.37. The predicted molar refractivity (Wildman–Crippen MR) is 187 cm³/mol. The summed E-state index contributed by atoms with van der Waals surface area (Å²) in [6.07, 6.45) is 14.0. The maximum Gasteiger partial charge on any atom is 0.338 e. The fourth-order valence-corrected chi connectivity index (χ4v) is 9.06. The summed E-state index contributed by atoms with van der Waals surface area (Å²) >= 11 is 3.76. The summed E-state index contributed by atoms with van der Waals surface area (Å²) in [5.74, 6) is 1.16. The number of ether oxygens (including phenoxy) is 2. The number of hydrogen-bond acceptors (Lipinski definition) is 5. The van der Waals surface area contributed by atoms with Crippen LogP contribution in [0.25, 0.3) is 0 Å². The van der Waals surface area contributed by atoms with E-state index in [0.717, 1.165) is 24.8 Å². The number of carbonyl (C=O) groups is 2. The summed E-state index contributed by atoms with van der Waals surface area (Å²) in [6, 6.07) is 18.1. The maximum absolute atomic E-state index is 13.1. The molecule has 0 amide bonds. The van der Waals surface area contributed by atoms with Crippen LogP contribution in [0.15, 0.2) is 84.0 Å². The van der Waals surface area contributed by atoms with Crippen molar-refractivity contribution in [2.75, 3.05) is 0 Å². The van der Waals surface area contributed by atoms with E-state index >= 15 is 0 Å². The van der Waals surface area contributed by atoms with Gasteiger partial charge in [-0.25, -0.2) is 9.59 Å². The van der Waals surface area contributed by atoms with Crippen LogP contribution in [0.2, 0.25) is 0 Å². The Morgan fingerprint density at radius 1 is 0.957 bits per heavy atom. The van der Waals surface area contributed by atoms with Crippen LogP contribution in [-0.2, 0) is 9.47 Å². The van der Waals surface area contributed by atoms with E-state index in [1.54, 1.807) is 24.3 Å². The third-order valence-electron chi connectivity index (χ3n) is 10.9. The van der Waals surface area contributed by atoms with Crippen molar-refractivity contribution in [2.45, 2.75) is 115 Å². The van der Waals surface area contributed by atoms with Crippen molar-refractivity contribution in [3.63, 3.8) is 0 Å². The number of aliphatic hydroxyl groups is 1. The second kappa shape index (κ2) is 15.0. The van der Waals surface area contributed by atoms with Crippen molar-refractivity contribution in [2.24, 2.45) is 23.2 Å². The summed E-state index contributed by atoms with van der Waals surface area (Å²) in [5, 5.41) is 10.2. The van der Waals surface area contributed by atoms with E-state index in [1.165, 1.54) is 37.7 Å². The van der Waals surface area contributed by atoms with Crippen molar-refractivity contribution in [1.82, 2.24) is 0 Å². The van der Waals surface area contributed by atoms with Gasteiger partial charge in [0, 0.05) is 12.8 Å². The Morgan fingerprint density at radius 2 is 1.52 bits per heavy atom. The van der Waals surface area contributed by atoms with Gasteiger partial charge in [-0.3, -0.25) is 0 Å². The standard InChI is InChI=1S/C40H51BrO5/c1-27(13-11-23-39(2,3)44)32-21-22-33-29(18-12-24-40(32,33)4)20-19-28-25-34(45-37(42)30-14-7-5-8-15-30)36(41)35(26-28)46-38(43)31-16-9-6-10-17-31/h5-10,14-17,19-20,27,32-36,44H,11-13,18,21-26H2,1-4H3/t27-,32-,33+,34-,35-,36?,40-/m1/s1. The molecule has 46 heavy (non-hydrogen) atoms. The molecule has 0 radical (unpaired) electrons. The molecule has 0 aromatic heterocycles. The normalized spacial score (nSPS) is 29.6. The van der Waals surface area contributed by atoms with Gasteiger partial charge < -0.3 is 14.6 Å². The van der Waals surface area contributed by atoms with Gasteiger partial charge in [0.05, 0.1) is 21.6 Å². The third-order valence-corrected chi connectivity index (χ3v) is 12.1. The molecule has 0 spiro atoms. The monoisotopic (exact) mass is 690 g/mol. The van der Waals surface area contributed by atoms with Crippen molar-refractivity contribution >= 4 is 27.9 Å². The fraction of sp³-hybridized carbons (Fsp3) is 0.550. The molecule has 0 aliphatic heterocycles. The van der Waals surface area contributed by atoms with Crippen LogP contribution in [0.5, 0.6) is 0 Å². The molecule has 3 aliphatic rings. The van der Waals surface area contributed by atoms with Crippen LogP contribution in [0.4, 0.5) is 0 Å². The predicted octanol–water partition coefficient (Wildman–Crippen LogP) is 9.64. The van der Waals surface area contributed by atoms with Crippen molar-refractivity contribution in [3.05, 3.63) is 95.1 Å². The number of benzene rings is 2. The summed E-state index contributed by atoms with van der Waals surface area (Å²) < 4.78 is 12.1. The molecular weight excluding hydrogens is 640 g/mol. The topological polar surface area (TPSA) is 72.8 Å². The lowest BCUT2D eigenvalue weighted by Crippen LogP contribution is -2.43. The van der Waals surface area contributed by atoms with Crippen LogP contribution in [0, 0.1) is 23.2 Å². The van der Waals surface area contributed by atoms with E-state index in [9.17, 15) is 14.7 Å². The smallest absolute Gasteiger partial charge is 0.338 e. The van der Waals surface area contributed by atoms with Gasteiger partial charge in [-0.15, -0.1) is 0 Å². The van der Waals surface area contributed by atoms with Crippen LogP contribution < -0.4 is 0 Å². The van der Waals surface area contributed by atoms with Crippen LogP contribution >= 0.6 is 15.9 Å². The quantitative estimate of drug-likeness (QED) is 0.199.